The Labute approximate surface area is 243 Å². The van der Waals surface area contributed by atoms with Gasteiger partial charge in [0.1, 0.15) is 5.76 Å². The van der Waals surface area contributed by atoms with Crippen molar-refractivity contribution in [2.24, 2.45) is 7.05 Å². The molecule has 2 aliphatic heterocycles. The quantitative estimate of drug-likeness (QED) is 0.172. The summed E-state index contributed by atoms with van der Waals surface area (Å²) in [7, 11) is 1.64. The number of nitrogens with one attached hydrogen (secondary N) is 1. The number of carbonyl (C=O) groups is 1. The molecule has 0 aliphatic carbocycles. The molecule has 0 saturated carbocycles. The maximum Gasteiger partial charge on any atom is 0.513 e. The van der Waals surface area contributed by atoms with Crippen LogP contribution >= 0.6 is 0 Å². The van der Waals surface area contributed by atoms with E-state index in [1.165, 1.54) is 22.6 Å². The van der Waals surface area contributed by atoms with E-state index in [-0.39, 0.29) is 18.1 Å². The molecule has 5 rings (SSSR count). The molecular formula is C29H34N8O5. The van der Waals surface area contributed by atoms with Gasteiger partial charge in [0.2, 0.25) is 5.82 Å². The lowest BCUT2D eigenvalue weighted by Crippen LogP contribution is -2.46. The molecule has 13 nitrogen and oxygen atoms in total. The Morgan fingerprint density at radius 2 is 1.83 bits per heavy atom. The van der Waals surface area contributed by atoms with Crippen molar-refractivity contribution in [3.8, 4) is 0 Å². The van der Waals surface area contributed by atoms with Crippen LogP contribution in [0.5, 0.6) is 0 Å². The van der Waals surface area contributed by atoms with Gasteiger partial charge in [-0.05, 0) is 43.2 Å². The third-order valence-electron chi connectivity index (χ3n) is 7.39. The van der Waals surface area contributed by atoms with E-state index in [9.17, 15) is 14.9 Å². The number of aromatic nitrogens is 4. The topological polar surface area (TPSA) is 141 Å². The number of dihydropyridines is 1. The largest absolute Gasteiger partial charge is 0.513 e. The smallest absolute Gasteiger partial charge is 0.434 e. The van der Waals surface area contributed by atoms with E-state index in [1.807, 2.05) is 13.0 Å². The van der Waals surface area contributed by atoms with Gasteiger partial charge in [-0.15, -0.1) is 10.2 Å². The number of non-ortho nitro benzene ring substituents is 1. The van der Waals surface area contributed by atoms with Crippen LogP contribution in [0.25, 0.3) is 5.57 Å². The SMILES string of the molecule is CC1=C(OC(=O)OCCCN2CCN(c3ccccc3)CC2)C(c2cccc([N+](=O)[O-])c2)C(c2nnn(C)n2)=C(C)N1. The first kappa shape index (κ1) is 28.7. The molecule has 0 amide bonds. The summed E-state index contributed by atoms with van der Waals surface area (Å²) < 4.78 is 11.2. The molecule has 0 bridgehead atoms. The predicted octanol–water partition coefficient (Wildman–Crippen LogP) is 3.83. The number of nitrogens with zero attached hydrogens (tertiary/aromatic N) is 7. The van der Waals surface area contributed by atoms with Gasteiger partial charge in [-0.25, -0.2) is 4.79 Å². The lowest BCUT2D eigenvalue weighted by molar-refractivity contribution is -0.384. The average molecular weight is 575 g/mol. The van der Waals surface area contributed by atoms with Crippen LogP contribution in [-0.4, -0.2) is 75.5 Å². The molecule has 1 fully saturated rings. The van der Waals surface area contributed by atoms with Gasteiger partial charge in [-0.1, -0.05) is 30.3 Å². The van der Waals surface area contributed by atoms with Gasteiger partial charge in [0.05, 0.1) is 30.2 Å². The molecule has 3 heterocycles. The summed E-state index contributed by atoms with van der Waals surface area (Å²) in [4.78, 5) is 30.0. The molecule has 13 heteroatoms. The van der Waals surface area contributed by atoms with Gasteiger partial charge in [0.15, 0.2) is 0 Å². The zero-order chi connectivity index (χ0) is 29.6. The monoisotopic (exact) mass is 574 g/mol. The number of nitro groups is 1. The fraction of sp³-hybridized carbons (Fsp3) is 0.379. The summed E-state index contributed by atoms with van der Waals surface area (Å²) in [5, 5.41) is 27.2. The summed E-state index contributed by atoms with van der Waals surface area (Å²) in [5.74, 6) is -0.136. The molecule has 1 N–H and O–H groups in total. The second-order valence-corrected chi connectivity index (χ2v) is 10.3. The molecule has 1 aromatic heterocycles. The minimum atomic E-state index is -0.846. The van der Waals surface area contributed by atoms with Gasteiger partial charge < -0.3 is 19.7 Å². The maximum atomic E-state index is 12.9. The number of piperazine rings is 1. The van der Waals surface area contributed by atoms with E-state index in [1.54, 1.807) is 26.1 Å². The lowest BCUT2D eigenvalue weighted by Gasteiger charge is -2.36. The molecule has 3 aromatic rings. The third kappa shape index (κ3) is 6.57. The highest BCUT2D eigenvalue weighted by molar-refractivity contribution is 5.76. The summed E-state index contributed by atoms with van der Waals surface area (Å²) >= 11 is 0. The van der Waals surface area contributed by atoms with Crippen LogP contribution in [0.3, 0.4) is 0 Å². The number of hydrogen-bond donors (Lipinski definition) is 1. The highest BCUT2D eigenvalue weighted by Gasteiger charge is 2.36. The van der Waals surface area contributed by atoms with Gasteiger partial charge >= 0.3 is 6.16 Å². The Morgan fingerprint density at radius 1 is 1.07 bits per heavy atom. The highest BCUT2D eigenvalue weighted by atomic mass is 16.7. The van der Waals surface area contributed by atoms with E-state index >= 15 is 0 Å². The van der Waals surface area contributed by atoms with Crippen LogP contribution < -0.4 is 10.2 Å². The molecule has 2 aliphatic rings. The Bertz CT molecular complexity index is 1490. The van der Waals surface area contributed by atoms with E-state index < -0.39 is 17.0 Å². The second-order valence-electron chi connectivity index (χ2n) is 10.3. The van der Waals surface area contributed by atoms with Crippen LogP contribution in [0.2, 0.25) is 0 Å². The Hall–Kier alpha value is -4.78. The number of aryl methyl sites for hydroxylation is 1. The van der Waals surface area contributed by atoms with Crippen molar-refractivity contribution in [1.29, 1.82) is 0 Å². The Morgan fingerprint density at radius 3 is 2.52 bits per heavy atom. The first-order chi connectivity index (χ1) is 20.3. The second kappa shape index (κ2) is 12.8. The van der Waals surface area contributed by atoms with Crippen LogP contribution in [0.1, 0.15) is 37.6 Å². The zero-order valence-electron chi connectivity index (χ0n) is 23.9. The van der Waals surface area contributed by atoms with E-state index in [4.69, 9.17) is 9.47 Å². The number of benzene rings is 2. The molecule has 0 radical (unpaired) electrons. The standard InChI is InChI=1S/C29H34N8O5/c1-20-25(28-31-33-34(3)32-28)26(22-9-7-12-24(19-22)37(39)40)27(21(2)30-20)42-29(38)41-18-8-13-35-14-16-36(17-15-35)23-10-5-4-6-11-23/h4-7,9-12,19,26,30H,8,13-18H2,1-3H3. The number of tetrazole rings is 1. The lowest BCUT2D eigenvalue weighted by atomic mass is 9.84. The molecule has 220 valence electrons. The number of nitro benzene ring substituents is 1. The zero-order valence-corrected chi connectivity index (χ0v) is 23.9. The first-order valence-electron chi connectivity index (χ1n) is 13.8. The number of carbonyl (C=O) groups excluding carboxylic acids is 1. The summed E-state index contributed by atoms with van der Waals surface area (Å²) in [6.45, 7) is 8.39. The molecular weight excluding hydrogens is 540 g/mol. The fourth-order valence-corrected chi connectivity index (χ4v) is 5.37. The van der Waals surface area contributed by atoms with Gasteiger partial charge in [-0.2, -0.15) is 4.80 Å². The Kier molecular flexibility index (Phi) is 8.77. The van der Waals surface area contributed by atoms with Gasteiger partial charge in [-0.3, -0.25) is 15.0 Å². The normalized spacial score (nSPS) is 17.7. The van der Waals surface area contributed by atoms with Crippen molar-refractivity contribution < 1.29 is 19.2 Å². The third-order valence-corrected chi connectivity index (χ3v) is 7.39. The molecule has 1 unspecified atom stereocenters. The average Bonchev–Trinajstić information content (AvgIpc) is 3.42. The van der Waals surface area contributed by atoms with E-state index in [0.717, 1.165) is 32.7 Å². The number of para-hydroxylation sites is 1. The summed E-state index contributed by atoms with van der Waals surface area (Å²) in [6, 6.07) is 16.6. The Balaban J connectivity index is 1.22. The number of anilines is 1. The minimum Gasteiger partial charge on any atom is -0.434 e. The number of allylic oxidation sites excluding steroid dienone is 3. The summed E-state index contributed by atoms with van der Waals surface area (Å²) in [5.41, 5.74) is 3.57. The van der Waals surface area contributed by atoms with Crippen LogP contribution in [0.15, 0.2) is 71.8 Å². The molecule has 1 saturated heterocycles. The predicted molar refractivity (Wildman–Crippen MR) is 155 cm³/mol. The number of rotatable bonds is 9. The fourth-order valence-electron chi connectivity index (χ4n) is 5.37. The molecule has 0 spiro atoms. The van der Waals surface area contributed by atoms with Crippen LogP contribution in [0.4, 0.5) is 16.2 Å². The van der Waals surface area contributed by atoms with Gasteiger partial charge in [0.25, 0.3) is 5.69 Å². The van der Waals surface area contributed by atoms with Crippen LogP contribution in [0, 0.1) is 10.1 Å². The van der Waals surface area contributed by atoms with Crippen molar-refractivity contribution in [3.63, 3.8) is 0 Å². The minimum absolute atomic E-state index is 0.0840. The van der Waals surface area contributed by atoms with Crippen molar-refractivity contribution >= 4 is 23.1 Å². The molecule has 42 heavy (non-hydrogen) atoms. The van der Waals surface area contributed by atoms with Crippen molar-refractivity contribution in [3.05, 3.63) is 93.3 Å². The van der Waals surface area contributed by atoms with E-state index in [0.29, 0.717) is 34.8 Å². The van der Waals surface area contributed by atoms with Crippen LogP contribution in [-0.2, 0) is 16.5 Å². The van der Waals surface area contributed by atoms with Crippen molar-refractivity contribution in [2.45, 2.75) is 26.2 Å². The van der Waals surface area contributed by atoms with Gasteiger partial charge in [0, 0.05) is 61.8 Å². The number of hydrogen-bond acceptors (Lipinski definition) is 11. The first-order valence-corrected chi connectivity index (χ1v) is 13.8. The van der Waals surface area contributed by atoms with E-state index in [2.05, 4.69) is 54.8 Å². The highest BCUT2D eigenvalue weighted by Crippen LogP contribution is 2.43. The molecule has 2 aromatic carbocycles. The molecule has 1 atom stereocenters. The van der Waals surface area contributed by atoms with Crippen molar-refractivity contribution in [2.75, 3.05) is 44.2 Å². The van der Waals surface area contributed by atoms with Crippen molar-refractivity contribution in [1.82, 2.24) is 30.4 Å². The maximum absolute atomic E-state index is 12.9. The number of ether oxygens (including phenoxy) is 2. The summed E-state index contributed by atoms with van der Waals surface area (Å²) in [6.07, 6.45) is -0.180.